The van der Waals surface area contributed by atoms with Crippen molar-refractivity contribution in [1.29, 1.82) is 0 Å². The van der Waals surface area contributed by atoms with Crippen LogP contribution in [0.15, 0.2) is 12.1 Å². The summed E-state index contributed by atoms with van der Waals surface area (Å²) < 4.78 is 10.4. The summed E-state index contributed by atoms with van der Waals surface area (Å²) in [5.74, 6) is 1.23. The molecule has 0 bridgehead atoms. The van der Waals surface area contributed by atoms with Crippen LogP contribution in [-0.4, -0.2) is 19.1 Å². The van der Waals surface area contributed by atoms with Gasteiger partial charge >= 0.3 is 0 Å². The van der Waals surface area contributed by atoms with Crippen LogP contribution < -0.4 is 15.2 Å². The predicted molar refractivity (Wildman–Crippen MR) is 50.7 cm³/mol. The van der Waals surface area contributed by atoms with Crippen LogP contribution in [0.4, 0.5) is 0 Å². The van der Waals surface area contributed by atoms with Crippen molar-refractivity contribution in [3.63, 3.8) is 0 Å². The van der Waals surface area contributed by atoms with Gasteiger partial charge in [-0.05, 0) is 24.6 Å². The SMILES string of the molecule is Cc1cc2c(cc1C(=O)CN)OCO2. The zero-order valence-electron chi connectivity index (χ0n) is 7.87. The van der Waals surface area contributed by atoms with E-state index >= 15 is 0 Å². The first-order valence-corrected chi connectivity index (χ1v) is 4.36. The summed E-state index contributed by atoms with van der Waals surface area (Å²) in [6.07, 6.45) is 0. The van der Waals surface area contributed by atoms with Crippen molar-refractivity contribution < 1.29 is 14.3 Å². The number of carbonyl (C=O) groups excluding carboxylic acids is 1. The Hall–Kier alpha value is -1.55. The van der Waals surface area contributed by atoms with Crippen LogP contribution >= 0.6 is 0 Å². The number of nitrogens with two attached hydrogens (primary N) is 1. The smallest absolute Gasteiger partial charge is 0.231 e. The highest BCUT2D eigenvalue weighted by atomic mass is 16.7. The van der Waals surface area contributed by atoms with E-state index in [9.17, 15) is 4.79 Å². The number of ketones is 1. The van der Waals surface area contributed by atoms with E-state index in [1.54, 1.807) is 12.1 Å². The lowest BCUT2D eigenvalue weighted by Gasteiger charge is -2.04. The zero-order chi connectivity index (χ0) is 10.1. The Morgan fingerprint density at radius 3 is 2.71 bits per heavy atom. The van der Waals surface area contributed by atoms with Gasteiger partial charge in [0.25, 0.3) is 0 Å². The van der Waals surface area contributed by atoms with Gasteiger partial charge in [0.2, 0.25) is 6.79 Å². The van der Waals surface area contributed by atoms with Gasteiger partial charge in [0, 0.05) is 5.56 Å². The van der Waals surface area contributed by atoms with Crippen LogP contribution in [-0.2, 0) is 0 Å². The van der Waals surface area contributed by atoms with E-state index in [4.69, 9.17) is 15.2 Å². The molecule has 0 spiro atoms. The molecule has 2 N–H and O–H groups in total. The molecule has 1 aliphatic rings. The molecule has 1 aromatic carbocycles. The van der Waals surface area contributed by atoms with Crippen molar-refractivity contribution in [2.24, 2.45) is 5.73 Å². The number of benzene rings is 1. The lowest BCUT2D eigenvalue weighted by Crippen LogP contribution is -2.14. The van der Waals surface area contributed by atoms with Crippen molar-refractivity contribution >= 4 is 5.78 Å². The Labute approximate surface area is 81.6 Å². The molecule has 0 fully saturated rings. The van der Waals surface area contributed by atoms with Crippen LogP contribution in [0.3, 0.4) is 0 Å². The first-order valence-electron chi connectivity index (χ1n) is 4.36. The summed E-state index contributed by atoms with van der Waals surface area (Å²) in [5, 5.41) is 0. The Bertz CT molecular complexity index is 387. The van der Waals surface area contributed by atoms with Gasteiger partial charge in [-0.25, -0.2) is 0 Å². The van der Waals surface area contributed by atoms with E-state index in [0.29, 0.717) is 17.1 Å². The largest absolute Gasteiger partial charge is 0.454 e. The molecule has 0 saturated carbocycles. The fraction of sp³-hybridized carbons (Fsp3) is 0.300. The quantitative estimate of drug-likeness (QED) is 0.708. The topological polar surface area (TPSA) is 61.6 Å². The van der Waals surface area contributed by atoms with Crippen LogP contribution in [0.25, 0.3) is 0 Å². The molecule has 0 radical (unpaired) electrons. The molecule has 4 heteroatoms. The maximum Gasteiger partial charge on any atom is 0.231 e. The molecule has 0 atom stereocenters. The van der Waals surface area contributed by atoms with E-state index in [-0.39, 0.29) is 19.1 Å². The van der Waals surface area contributed by atoms with E-state index in [1.807, 2.05) is 6.92 Å². The average molecular weight is 193 g/mol. The summed E-state index contributed by atoms with van der Waals surface area (Å²) in [6.45, 7) is 2.08. The van der Waals surface area contributed by atoms with Gasteiger partial charge in [0.05, 0.1) is 6.54 Å². The third-order valence-corrected chi connectivity index (χ3v) is 2.21. The minimum Gasteiger partial charge on any atom is -0.454 e. The van der Waals surface area contributed by atoms with E-state index in [0.717, 1.165) is 5.56 Å². The third-order valence-electron chi connectivity index (χ3n) is 2.21. The molecule has 0 aliphatic carbocycles. The molecule has 4 nitrogen and oxygen atoms in total. The molecule has 0 unspecified atom stereocenters. The number of ether oxygens (including phenoxy) is 2. The molecular formula is C10H11NO3. The maximum atomic E-state index is 11.4. The number of Topliss-reactive ketones (excluding diaryl/α,β-unsaturated/α-hetero) is 1. The fourth-order valence-corrected chi connectivity index (χ4v) is 1.45. The van der Waals surface area contributed by atoms with Gasteiger partial charge in [0.15, 0.2) is 17.3 Å². The Balaban J connectivity index is 2.47. The zero-order valence-corrected chi connectivity index (χ0v) is 7.87. The summed E-state index contributed by atoms with van der Waals surface area (Å²) in [5.41, 5.74) is 6.77. The highest BCUT2D eigenvalue weighted by molar-refractivity contribution is 5.99. The second kappa shape index (κ2) is 3.31. The fourth-order valence-electron chi connectivity index (χ4n) is 1.45. The number of fused-ring (bicyclic) bond motifs is 1. The summed E-state index contributed by atoms with van der Waals surface area (Å²) in [6, 6.07) is 3.48. The van der Waals surface area contributed by atoms with Crippen molar-refractivity contribution in [3.05, 3.63) is 23.3 Å². The summed E-state index contributed by atoms with van der Waals surface area (Å²) in [4.78, 5) is 11.4. The van der Waals surface area contributed by atoms with E-state index in [1.165, 1.54) is 0 Å². The Kier molecular flexibility index (Phi) is 2.13. The maximum absolute atomic E-state index is 11.4. The Morgan fingerprint density at radius 1 is 1.43 bits per heavy atom. The number of hydrogen-bond donors (Lipinski definition) is 1. The van der Waals surface area contributed by atoms with Crippen molar-refractivity contribution in [2.45, 2.75) is 6.92 Å². The van der Waals surface area contributed by atoms with Crippen LogP contribution in [0.5, 0.6) is 11.5 Å². The van der Waals surface area contributed by atoms with Gasteiger partial charge < -0.3 is 15.2 Å². The molecule has 0 aromatic heterocycles. The van der Waals surface area contributed by atoms with Crippen molar-refractivity contribution in [3.8, 4) is 11.5 Å². The van der Waals surface area contributed by atoms with Crippen molar-refractivity contribution in [2.75, 3.05) is 13.3 Å². The molecule has 0 amide bonds. The number of rotatable bonds is 2. The molecule has 14 heavy (non-hydrogen) atoms. The van der Waals surface area contributed by atoms with Gasteiger partial charge in [-0.1, -0.05) is 0 Å². The summed E-state index contributed by atoms with van der Waals surface area (Å²) >= 11 is 0. The summed E-state index contributed by atoms with van der Waals surface area (Å²) in [7, 11) is 0. The van der Waals surface area contributed by atoms with E-state index < -0.39 is 0 Å². The molecule has 1 aliphatic heterocycles. The first kappa shape index (κ1) is 9.02. The third kappa shape index (κ3) is 1.33. The van der Waals surface area contributed by atoms with Crippen LogP contribution in [0.2, 0.25) is 0 Å². The lowest BCUT2D eigenvalue weighted by atomic mass is 10.0. The molecule has 74 valence electrons. The average Bonchev–Trinajstić information content (AvgIpc) is 2.62. The van der Waals surface area contributed by atoms with Crippen LogP contribution in [0, 0.1) is 6.92 Å². The van der Waals surface area contributed by atoms with Gasteiger partial charge in [-0.15, -0.1) is 0 Å². The molecular weight excluding hydrogens is 182 g/mol. The normalized spacial score (nSPS) is 13.0. The van der Waals surface area contributed by atoms with Crippen molar-refractivity contribution in [1.82, 2.24) is 0 Å². The number of aryl methyl sites for hydroxylation is 1. The minimum absolute atomic E-state index is 0.0144. The molecule has 1 aromatic rings. The molecule has 1 heterocycles. The van der Waals surface area contributed by atoms with Gasteiger partial charge in [-0.2, -0.15) is 0 Å². The highest BCUT2D eigenvalue weighted by Gasteiger charge is 2.17. The van der Waals surface area contributed by atoms with Gasteiger partial charge in [-0.3, -0.25) is 4.79 Å². The highest BCUT2D eigenvalue weighted by Crippen LogP contribution is 2.34. The number of hydrogen-bond acceptors (Lipinski definition) is 4. The molecule has 2 rings (SSSR count). The van der Waals surface area contributed by atoms with Gasteiger partial charge in [0.1, 0.15) is 0 Å². The monoisotopic (exact) mass is 193 g/mol. The second-order valence-corrected chi connectivity index (χ2v) is 3.15. The van der Waals surface area contributed by atoms with Crippen LogP contribution in [0.1, 0.15) is 15.9 Å². The standard InChI is InChI=1S/C10H11NO3/c1-6-2-9-10(14-5-13-9)3-7(6)8(12)4-11/h2-3H,4-5,11H2,1H3. The molecule has 0 saturated heterocycles. The predicted octanol–water partition coefficient (Wildman–Crippen LogP) is 0.865. The first-order chi connectivity index (χ1) is 6.72. The second-order valence-electron chi connectivity index (χ2n) is 3.15. The lowest BCUT2D eigenvalue weighted by molar-refractivity contribution is 0.100. The minimum atomic E-state index is -0.0826. The Morgan fingerprint density at radius 2 is 2.07 bits per heavy atom. The van der Waals surface area contributed by atoms with E-state index in [2.05, 4.69) is 0 Å². The number of carbonyl (C=O) groups is 1.